The zero-order valence-electron chi connectivity index (χ0n) is 16.9. The van der Waals surface area contributed by atoms with Crippen LogP contribution in [0.25, 0.3) is 0 Å². The van der Waals surface area contributed by atoms with Gasteiger partial charge in [0.05, 0.1) is 18.8 Å². The lowest BCUT2D eigenvalue weighted by Gasteiger charge is -2.31. The number of esters is 2. The molecule has 7 nitrogen and oxygen atoms in total. The van der Waals surface area contributed by atoms with Gasteiger partial charge in [-0.1, -0.05) is 12.1 Å². The monoisotopic (exact) mass is 386 g/mol. The number of amides is 1. The average Bonchev–Trinajstić information content (AvgIpc) is 2.61. The average molecular weight is 386 g/mol. The van der Waals surface area contributed by atoms with E-state index >= 15 is 0 Å². The maximum atomic E-state index is 12.7. The van der Waals surface area contributed by atoms with Gasteiger partial charge in [-0.2, -0.15) is 0 Å². The number of rotatable bonds is 6. The minimum Gasteiger partial charge on any atom is -0.465 e. The topological polar surface area (TPSA) is 94.1 Å². The van der Waals surface area contributed by atoms with Gasteiger partial charge in [0, 0.05) is 29.9 Å². The fraction of sp³-hybridized carbons (Fsp3) is 0.429. The summed E-state index contributed by atoms with van der Waals surface area (Å²) in [6.45, 7) is 8.83. The van der Waals surface area contributed by atoms with Crippen LogP contribution in [-0.2, 0) is 23.9 Å². The number of nitrogens with one attached hydrogen (secondary N) is 1. The van der Waals surface area contributed by atoms with Crippen molar-refractivity contribution in [3.05, 3.63) is 41.1 Å². The van der Waals surface area contributed by atoms with Gasteiger partial charge >= 0.3 is 11.9 Å². The summed E-state index contributed by atoms with van der Waals surface area (Å²) in [5.41, 5.74) is 2.82. The number of aliphatic imine (C=N–C) groups is 1. The highest BCUT2D eigenvalue weighted by Crippen LogP contribution is 2.40. The second kappa shape index (κ2) is 9.30. The van der Waals surface area contributed by atoms with Crippen LogP contribution in [0.1, 0.15) is 46.1 Å². The summed E-state index contributed by atoms with van der Waals surface area (Å²) in [5, 5.41) is 2.70. The van der Waals surface area contributed by atoms with E-state index in [1.807, 2.05) is 0 Å². The Morgan fingerprint density at radius 1 is 1.04 bits per heavy atom. The molecular weight excluding hydrogens is 360 g/mol. The lowest BCUT2D eigenvalue weighted by Crippen LogP contribution is -2.36. The van der Waals surface area contributed by atoms with Crippen LogP contribution in [0.15, 0.2) is 40.5 Å². The number of allylic oxidation sites excluding steroid dienone is 1. The summed E-state index contributed by atoms with van der Waals surface area (Å²) in [5.74, 6) is -2.42. The molecule has 0 saturated carbocycles. The smallest absolute Gasteiger partial charge is 0.336 e. The maximum Gasteiger partial charge on any atom is 0.336 e. The third-order valence-electron chi connectivity index (χ3n) is 4.45. The highest BCUT2D eigenvalue weighted by Gasteiger charge is 2.42. The van der Waals surface area contributed by atoms with Crippen LogP contribution in [0, 0.1) is 5.92 Å². The first-order valence-electron chi connectivity index (χ1n) is 9.27. The van der Waals surface area contributed by atoms with Crippen LogP contribution in [0.3, 0.4) is 0 Å². The number of hydrogen-bond donors (Lipinski definition) is 1. The Morgan fingerprint density at radius 3 is 2.18 bits per heavy atom. The van der Waals surface area contributed by atoms with E-state index in [0.717, 1.165) is 5.56 Å². The molecule has 1 aliphatic heterocycles. The number of hydrogen-bond acceptors (Lipinski definition) is 6. The first kappa shape index (κ1) is 21.3. The first-order chi connectivity index (χ1) is 13.3. The lowest BCUT2D eigenvalue weighted by molar-refractivity contribution is -0.146. The molecule has 7 heteroatoms. The molecule has 1 aliphatic rings. The summed E-state index contributed by atoms with van der Waals surface area (Å²) in [6.07, 6.45) is 0. The van der Waals surface area contributed by atoms with Gasteiger partial charge in [0.25, 0.3) is 0 Å². The highest BCUT2D eigenvalue weighted by atomic mass is 16.5. The molecule has 150 valence electrons. The number of ether oxygens (including phenoxy) is 2. The Bertz CT molecular complexity index is 824. The predicted molar refractivity (Wildman–Crippen MR) is 106 cm³/mol. The van der Waals surface area contributed by atoms with E-state index in [9.17, 15) is 14.4 Å². The fourth-order valence-electron chi connectivity index (χ4n) is 3.39. The van der Waals surface area contributed by atoms with Crippen molar-refractivity contribution < 1.29 is 23.9 Å². The summed E-state index contributed by atoms with van der Waals surface area (Å²) >= 11 is 0. The molecule has 2 atom stereocenters. The zero-order chi connectivity index (χ0) is 20.8. The minimum atomic E-state index is -0.727. The molecule has 1 N–H and O–H groups in total. The van der Waals surface area contributed by atoms with Crippen LogP contribution in [0.4, 0.5) is 5.69 Å². The normalized spacial score (nSPS) is 19.0. The van der Waals surface area contributed by atoms with Gasteiger partial charge in [0.2, 0.25) is 5.91 Å². The second-order valence-electron chi connectivity index (χ2n) is 6.48. The van der Waals surface area contributed by atoms with Gasteiger partial charge < -0.3 is 14.8 Å². The molecule has 0 aromatic heterocycles. The molecule has 0 aliphatic carbocycles. The fourth-order valence-corrected chi connectivity index (χ4v) is 3.39. The third kappa shape index (κ3) is 4.65. The Balaban J connectivity index is 2.55. The van der Waals surface area contributed by atoms with Gasteiger partial charge in [-0.05, 0) is 45.4 Å². The van der Waals surface area contributed by atoms with E-state index in [-0.39, 0.29) is 19.1 Å². The third-order valence-corrected chi connectivity index (χ3v) is 4.45. The van der Waals surface area contributed by atoms with Crippen molar-refractivity contribution in [1.29, 1.82) is 0 Å². The van der Waals surface area contributed by atoms with Crippen molar-refractivity contribution in [2.45, 2.75) is 40.5 Å². The Labute approximate surface area is 164 Å². The molecule has 2 rings (SSSR count). The molecule has 0 spiro atoms. The van der Waals surface area contributed by atoms with Crippen molar-refractivity contribution >= 4 is 29.2 Å². The van der Waals surface area contributed by atoms with Crippen LogP contribution in [0.5, 0.6) is 0 Å². The van der Waals surface area contributed by atoms with Gasteiger partial charge in [0.1, 0.15) is 5.92 Å². The SMILES string of the molecule is CCOC(=O)C1=C(C)N=C(C)C(C(=O)OCC)C1c1ccc(NC(C)=O)cc1. The lowest BCUT2D eigenvalue weighted by atomic mass is 9.75. The minimum absolute atomic E-state index is 0.180. The molecule has 2 unspecified atom stereocenters. The van der Waals surface area contributed by atoms with E-state index < -0.39 is 23.8 Å². The van der Waals surface area contributed by atoms with Gasteiger partial charge in [-0.3, -0.25) is 14.6 Å². The zero-order valence-corrected chi connectivity index (χ0v) is 16.9. The Morgan fingerprint density at radius 2 is 1.64 bits per heavy atom. The van der Waals surface area contributed by atoms with Crippen molar-refractivity contribution in [1.82, 2.24) is 0 Å². The second-order valence-corrected chi connectivity index (χ2v) is 6.48. The van der Waals surface area contributed by atoms with Crippen LogP contribution < -0.4 is 5.32 Å². The first-order valence-corrected chi connectivity index (χ1v) is 9.27. The van der Waals surface area contributed by atoms with E-state index in [1.54, 1.807) is 52.0 Å². The molecule has 1 aromatic carbocycles. The molecule has 28 heavy (non-hydrogen) atoms. The van der Waals surface area contributed by atoms with E-state index in [4.69, 9.17) is 9.47 Å². The van der Waals surface area contributed by atoms with E-state index in [0.29, 0.717) is 22.7 Å². The van der Waals surface area contributed by atoms with Crippen molar-refractivity contribution in [2.24, 2.45) is 10.9 Å². The van der Waals surface area contributed by atoms with Gasteiger partial charge in [0.15, 0.2) is 0 Å². The van der Waals surface area contributed by atoms with Crippen LogP contribution in [0.2, 0.25) is 0 Å². The largest absolute Gasteiger partial charge is 0.465 e. The predicted octanol–water partition coefficient (Wildman–Crippen LogP) is 3.22. The van der Waals surface area contributed by atoms with Gasteiger partial charge in [-0.15, -0.1) is 0 Å². The van der Waals surface area contributed by atoms with Gasteiger partial charge in [-0.25, -0.2) is 4.79 Å². The number of carbonyl (C=O) groups is 3. The Kier molecular flexibility index (Phi) is 7.09. The van der Waals surface area contributed by atoms with Crippen LogP contribution >= 0.6 is 0 Å². The Hall–Kier alpha value is -2.96. The molecule has 0 bridgehead atoms. The highest BCUT2D eigenvalue weighted by molar-refractivity contribution is 6.07. The summed E-state index contributed by atoms with van der Waals surface area (Å²) in [7, 11) is 0. The maximum absolute atomic E-state index is 12.7. The standard InChI is InChI=1S/C21H26N2O5/c1-6-27-20(25)17-12(3)22-13(4)18(21(26)28-7-2)19(17)15-8-10-16(11-9-15)23-14(5)24/h8-11,17,19H,6-7H2,1-5H3,(H,23,24). The molecular formula is C21H26N2O5. The molecule has 1 aromatic rings. The molecule has 0 saturated heterocycles. The molecule has 1 amide bonds. The summed E-state index contributed by atoms with van der Waals surface area (Å²) < 4.78 is 10.5. The number of benzene rings is 1. The number of nitrogens with zero attached hydrogens (tertiary/aromatic N) is 1. The number of anilines is 1. The quantitative estimate of drug-likeness (QED) is 0.758. The van der Waals surface area contributed by atoms with Crippen molar-refractivity contribution in [3.63, 3.8) is 0 Å². The van der Waals surface area contributed by atoms with Crippen molar-refractivity contribution in [2.75, 3.05) is 18.5 Å². The molecule has 0 fully saturated rings. The number of carbonyl (C=O) groups excluding carboxylic acids is 3. The van der Waals surface area contributed by atoms with E-state index in [2.05, 4.69) is 10.3 Å². The molecule has 0 radical (unpaired) electrons. The van der Waals surface area contributed by atoms with Crippen LogP contribution in [-0.4, -0.2) is 36.8 Å². The summed E-state index contributed by atoms with van der Waals surface area (Å²) in [6, 6.07) is 7.04. The van der Waals surface area contributed by atoms with E-state index in [1.165, 1.54) is 6.92 Å². The summed E-state index contributed by atoms with van der Waals surface area (Å²) in [4.78, 5) is 41.1. The van der Waals surface area contributed by atoms with Crippen molar-refractivity contribution in [3.8, 4) is 0 Å². The molecule has 1 heterocycles.